The van der Waals surface area contributed by atoms with Crippen LogP contribution in [0.25, 0.3) is 0 Å². The Hall–Kier alpha value is -1.07. The minimum Gasteiger partial charge on any atom is -0.507 e. The van der Waals surface area contributed by atoms with E-state index in [2.05, 4.69) is 0 Å². The van der Waals surface area contributed by atoms with Crippen LogP contribution in [0.5, 0.6) is 5.75 Å². The molecule has 0 saturated carbocycles. The van der Waals surface area contributed by atoms with Crippen molar-refractivity contribution in [2.24, 2.45) is 5.41 Å². The van der Waals surface area contributed by atoms with Crippen LogP contribution in [0.15, 0.2) is 17.0 Å². The van der Waals surface area contributed by atoms with Gasteiger partial charge in [-0.05, 0) is 34.9 Å². The Morgan fingerprint density at radius 2 is 1.55 bits per heavy atom. The van der Waals surface area contributed by atoms with Crippen molar-refractivity contribution in [3.8, 4) is 5.75 Å². The van der Waals surface area contributed by atoms with E-state index in [1.807, 2.05) is 41.5 Å². The molecular formula is C15H24O4S. The summed E-state index contributed by atoms with van der Waals surface area (Å²) >= 11 is 0. The van der Waals surface area contributed by atoms with Crippen molar-refractivity contribution in [1.82, 2.24) is 0 Å². The minimum atomic E-state index is -4.29. The van der Waals surface area contributed by atoms with Gasteiger partial charge in [-0.15, -0.1) is 0 Å². The number of phenolic OH excluding ortho intramolecular Hbond substituents is 1. The first-order valence-electron chi connectivity index (χ1n) is 6.56. The van der Waals surface area contributed by atoms with Crippen LogP contribution in [0.3, 0.4) is 0 Å². The molecule has 0 aromatic heterocycles. The van der Waals surface area contributed by atoms with Gasteiger partial charge in [-0.1, -0.05) is 41.5 Å². The molecule has 0 aliphatic rings. The van der Waals surface area contributed by atoms with E-state index < -0.39 is 15.5 Å². The Balaban J connectivity index is 3.60. The summed E-state index contributed by atoms with van der Waals surface area (Å²) in [7, 11) is -4.29. The van der Waals surface area contributed by atoms with Crippen LogP contribution in [0, 0.1) is 5.41 Å². The van der Waals surface area contributed by atoms with Crippen molar-refractivity contribution in [1.29, 1.82) is 0 Å². The molecule has 2 N–H and O–H groups in total. The van der Waals surface area contributed by atoms with Gasteiger partial charge < -0.3 is 5.11 Å². The summed E-state index contributed by atoms with van der Waals surface area (Å²) in [4.78, 5) is -0.167. The predicted molar refractivity (Wildman–Crippen MR) is 79.8 cm³/mol. The molecule has 0 amide bonds. The maximum atomic E-state index is 11.4. The molecule has 1 aromatic carbocycles. The number of benzene rings is 1. The first kappa shape index (κ1) is 17.0. The molecule has 0 heterocycles. The maximum Gasteiger partial charge on any atom is 0.294 e. The third-order valence-electron chi connectivity index (χ3n) is 2.99. The van der Waals surface area contributed by atoms with Crippen LogP contribution in [-0.2, 0) is 22.0 Å². The molecule has 0 aliphatic carbocycles. The molecule has 0 radical (unpaired) electrons. The van der Waals surface area contributed by atoms with Gasteiger partial charge in [-0.3, -0.25) is 4.55 Å². The highest BCUT2D eigenvalue weighted by atomic mass is 32.2. The fraction of sp³-hybridized carbons (Fsp3) is 0.600. The van der Waals surface area contributed by atoms with E-state index in [0.29, 0.717) is 17.5 Å². The summed E-state index contributed by atoms with van der Waals surface area (Å²) in [6, 6.07) is 2.70. The quantitative estimate of drug-likeness (QED) is 0.819. The van der Waals surface area contributed by atoms with E-state index in [9.17, 15) is 18.1 Å². The van der Waals surface area contributed by atoms with Gasteiger partial charge in [0.05, 0.1) is 4.90 Å². The zero-order valence-corrected chi connectivity index (χ0v) is 13.8. The Labute approximate surface area is 121 Å². The highest BCUT2D eigenvalue weighted by Crippen LogP contribution is 2.38. The zero-order chi connectivity index (χ0) is 15.9. The number of rotatable bonds is 2. The normalized spacial score (nSPS) is 13.6. The SMILES string of the molecule is CC(C)(C)Cc1cc(S(=O)(=O)O)cc(C(C)(C)C)c1O. The fourth-order valence-electron chi connectivity index (χ4n) is 2.09. The van der Waals surface area contributed by atoms with E-state index in [4.69, 9.17) is 0 Å². The second-order valence-corrected chi connectivity index (χ2v) is 8.86. The summed E-state index contributed by atoms with van der Waals surface area (Å²) in [5.41, 5.74) is 0.534. The number of phenols is 1. The molecule has 20 heavy (non-hydrogen) atoms. The van der Waals surface area contributed by atoms with E-state index >= 15 is 0 Å². The smallest absolute Gasteiger partial charge is 0.294 e. The van der Waals surface area contributed by atoms with Gasteiger partial charge in [0.1, 0.15) is 5.75 Å². The highest BCUT2D eigenvalue weighted by molar-refractivity contribution is 7.85. The monoisotopic (exact) mass is 300 g/mol. The molecule has 114 valence electrons. The molecule has 0 aliphatic heterocycles. The van der Waals surface area contributed by atoms with Gasteiger partial charge >= 0.3 is 0 Å². The van der Waals surface area contributed by atoms with Gasteiger partial charge in [-0.2, -0.15) is 8.42 Å². The highest BCUT2D eigenvalue weighted by Gasteiger charge is 2.26. The summed E-state index contributed by atoms with van der Waals surface area (Å²) in [6.07, 6.45) is 0.519. The number of hydrogen-bond donors (Lipinski definition) is 2. The molecule has 0 spiro atoms. The van der Waals surface area contributed by atoms with E-state index in [1.54, 1.807) is 0 Å². The topological polar surface area (TPSA) is 74.6 Å². The van der Waals surface area contributed by atoms with E-state index in [-0.39, 0.29) is 16.1 Å². The van der Waals surface area contributed by atoms with Crippen LogP contribution >= 0.6 is 0 Å². The van der Waals surface area contributed by atoms with Crippen LogP contribution in [0.1, 0.15) is 52.7 Å². The van der Waals surface area contributed by atoms with Crippen molar-refractivity contribution in [3.05, 3.63) is 23.3 Å². The van der Waals surface area contributed by atoms with Gasteiger partial charge in [-0.25, -0.2) is 0 Å². The first-order valence-corrected chi connectivity index (χ1v) is 8.00. The lowest BCUT2D eigenvalue weighted by Gasteiger charge is -2.25. The van der Waals surface area contributed by atoms with Crippen molar-refractivity contribution in [2.75, 3.05) is 0 Å². The van der Waals surface area contributed by atoms with Gasteiger partial charge in [0.25, 0.3) is 10.1 Å². The lowest BCUT2D eigenvalue weighted by atomic mass is 9.82. The zero-order valence-electron chi connectivity index (χ0n) is 13.0. The third-order valence-corrected chi connectivity index (χ3v) is 3.82. The predicted octanol–water partition coefficient (Wildman–Crippen LogP) is 3.53. The van der Waals surface area contributed by atoms with Crippen LogP contribution < -0.4 is 0 Å². The molecule has 0 atom stereocenters. The number of aromatic hydroxyl groups is 1. The molecular weight excluding hydrogens is 276 g/mol. The van der Waals surface area contributed by atoms with Crippen LogP contribution in [0.4, 0.5) is 0 Å². The fourth-order valence-corrected chi connectivity index (χ4v) is 2.65. The molecule has 0 bridgehead atoms. The van der Waals surface area contributed by atoms with E-state index in [1.165, 1.54) is 12.1 Å². The minimum absolute atomic E-state index is 0.107. The van der Waals surface area contributed by atoms with Gasteiger partial charge in [0.2, 0.25) is 0 Å². The third kappa shape index (κ3) is 4.21. The molecule has 0 saturated heterocycles. The Morgan fingerprint density at radius 1 is 1.05 bits per heavy atom. The van der Waals surface area contributed by atoms with E-state index in [0.717, 1.165) is 0 Å². The second-order valence-electron chi connectivity index (χ2n) is 7.44. The van der Waals surface area contributed by atoms with Crippen LogP contribution in [-0.4, -0.2) is 18.1 Å². The molecule has 1 aromatic rings. The van der Waals surface area contributed by atoms with Crippen molar-refractivity contribution in [3.63, 3.8) is 0 Å². The van der Waals surface area contributed by atoms with Crippen molar-refractivity contribution in [2.45, 2.75) is 58.3 Å². The average molecular weight is 300 g/mol. The average Bonchev–Trinajstić information content (AvgIpc) is 2.15. The Bertz CT molecular complexity index is 602. The first-order chi connectivity index (χ1) is 8.72. The standard InChI is InChI=1S/C15H24O4S/c1-14(2,3)9-10-7-11(20(17,18)19)8-12(13(10)16)15(4,5)6/h7-8,16H,9H2,1-6H3,(H,17,18,19). The summed E-state index contributed by atoms with van der Waals surface area (Å²) < 4.78 is 32.1. The summed E-state index contributed by atoms with van der Waals surface area (Å²) in [6.45, 7) is 11.7. The summed E-state index contributed by atoms with van der Waals surface area (Å²) in [5.74, 6) is 0.111. The Morgan fingerprint density at radius 3 is 1.90 bits per heavy atom. The molecule has 0 fully saturated rings. The van der Waals surface area contributed by atoms with Crippen molar-refractivity contribution >= 4 is 10.1 Å². The van der Waals surface area contributed by atoms with Gasteiger partial charge in [0.15, 0.2) is 0 Å². The molecule has 1 rings (SSSR count). The van der Waals surface area contributed by atoms with Crippen molar-refractivity contribution < 1.29 is 18.1 Å². The Kier molecular flexibility index (Phi) is 4.28. The molecule has 0 unspecified atom stereocenters. The largest absolute Gasteiger partial charge is 0.507 e. The van der Waals surface area contributed by atoms with Crippen LogP contribution in [0.2, 0.25) is 0 Å². The summed E-state index contributed by atoms with van der Waals surface area (Å²) in [5, 5.41) is 10.4. The second kappa shape index (κ2) is 5.04. The molecule has 4 nitrogen and oxygen atoms in total. The molecule has 5 heteroatoms. The number of hydrogen-bond acceptors (Lipinski definition) is 3. The maximum absolute atomic E-state index is 11.4. The lowest BCUT2D eigenvalue weighted by Crippen LogP contribution is -2.16. The van der Waals surface area contributed by atoms with Gasteiger partial charge in [0, 0.05) is 5.56 Å². The lowest BCUT2D eigenvalue weighted by molar-refractivity contribution is 0.387.